The molecule has 1 fully saturated rings. The van der Waals surface area contributed by atoms with Gasteiger partial charge in [-0.3, -0.25) is 4.79 Å². The number of hydrogen-bond acceptors (Lipinski definition) is 7. The van der Waals surface area contributed by atoms with Crippen molar-refractivity contribution in [2.75, 3.05) is 23.1 Å². The molecule has 1 atom stereocenters. The van der Waals surface area contributed by atoms with Crippen molar-refractivity contribution in [3.05, 3.63) is 76.0 Å². The summed E-state index contributed by atoms with van der Waals surface area (Å²) in [5.74, 6) is -1.26. The first kappa shape index (κ1) is 28.2. The minimum atomic E-state index is -3.93. The Balaban J connectivity index is 1.39. The third kappa shape index (κ3) is 7.00. The SMILES string of the molecule is Cc1ccnc(NS(=O)(=O)c2ccc(NC(=O)[C@H]3CCCN(S(=O)(=O)Cc4ccc(Cl)cc4Cl)C3)cc2)n1. The van der Waals surface area contributed by atoms with Crippen LogP contribution in [-0.2, 0) is 30.6 Å². The van der Waals surface area contributed by atoms with Gasteiger partial charge in [0.05, 0.1) is 16.6 Å². The summed E-state index contributed by atoms with van der Waals surface area (Å²) in [6.45, 7) is 2.06. The van der Waals surface area contributed by atoms with Crippen molar-refractivity contribution >= 4 is 60.8 Å². The summed E-state index contributed by atoms with van der Waals surface area (Å²) < 4.78 is 55.0. The van der Waals surface area contributed by atoms with Crippen molar-refractivity contribution in [2.24, 2.45) is 5.92 Å². The third-order valence-electron chi connectivity index (χ3n) is 5.95. The van der Waals surface area contributed by atoms with E-state index in [1.54, 1.807) is 25.1 Å². The molecule has 0 saturated carbocycles. The average molecular weight is 599 g/mol. The van der Waals surface area contributed by atoms with E-state index in [-0.39, 0.29) is 34.1 Å². The summed E-state index contributed by atoms with van der Waals surface area (Å²) in [6.07, 6.45) is 2.49. The number of hydrogen-bond donors (Lipinski definition) is 2. The van der Waals surface area contributed by atoms with Gasteiger partial charge in [0, 0.05) is 40.7 Å². The molecule has 1 saturated heterocycles. The lowest BCUT2D eigenvalue weighted by molar-refractivity contribution is -0.120. The fourth-order valence-corrected chi connectivity index (χ4v) is 7.12. The first-order valence-electron chi connectivity index (χ1n) is 11.6. The monoisotopic (exact) mass is 597 g/mol. The minimum Gasteiger partial charge on any atom is -0.326 e. The number of rotatable bonds is 8. The highest BCUT2D eigenvalue weighted by molar-refractivity contribution is 7.92. The summed E-state index contributed by atoms with van der Waals surface area (Å²) in [4.78, 5) is 20.8. The predicted molar refractivity (Wildman–Crippen MR) is 146 cm³/mol. The molecular formula is C24H25Cl2N5O5S2. The number of halogens is 2. The van der Waals surface area contributed by atoms with E-state index in [1.165, 1.54) is 40.8 Å². The molecular weight excluding hydrogens is 573 g/mol. The zero-order valence-corrected chi connectivity index (χ0v) is 23.4. The number of anilines is 2. The van der Waals surface area contributed by atoms with Gasteiger partial charge in [0.1, 0.15) is 0 Å². The number of nitrogens with one attached hydrogen (secondary N) is 2. The molecule has 2 aromatic carbocycles. The lowest BCUT2D eigenvalue weighted by atomic mass is 9.99. The summed E-state index contributed by atoms with van der Waals surface area (Å²) in [7, 11) is -7.65. The van der Waals surface area contributed by atoms with Gasteiger partial charge in [-0.15, -0.1) is 0 Å². The number of nitrogens with zero attached hydrogens (tertiary/aromatic N) is 3. The quantitative estimate of drug-likeness (QED) is 0.399. The Bertz CT molecular complexity index is 1550. The molecule has 38 heavy (non-hydrogen) atoms. The summed E-state index contributed by atoms with van der Waals surface area (Å²) in [6, 6.07) is 11.9. The molecule has 0 aliphatic carbocycles. The third-order valence-corrected chi connectivity index (χ3v) is 9.68. The summed E-state index contributed by atoms with van der Waals surface area (Å²) >= 11 is 12.0. The van der Waals surface area contributed by atoms with Crippen LogP contribution in [0.2, 0.25) is 10.0 Å². The van der Waals surface area contributed by atoms with Crippen LogP contribution < -0.4 is 10.0 Å². The lowest BCUT2D eigenvalue weighted by Crippen LogP contribution is -2.44. The van der Waals surface area contributed by atoms with E-state index in [9.17, 15) is 21.6 Å². The minimum absolute atomic E-state index is 0.0311. The van der Waals surface area contributed by atoms with Crippen molar-refractivity contribution in [1.82, 2.24) is 14.3 Å². The number of benzene rings is 2. The normalized spacial score (nSPS) is 16.7. The predicted octanol–water partition coefficient (Wildman–Crippen LogP) is 4.07. The van der Waals surface area contributed by atoms with Gasteiger partial charge in [0.15, 0.2) is 0 Å². The first-order valence-corrected chi connectivity index (χ1v) is 15.4. The van der Waals surface area contributed by atoms with Crippen molar-refractivity contribution in [3.8, 4) is 0 Å². The van der Waals surface area contributed by atoms with E-state index in [2.05, 4.69) is 20.0 Å². The van der Waals surface area contributed by atoms with Gasteiger partial charge in [-0.2, -0.15) is 0 Å². The summed E-state index contributed by atoms with van der Waals surface area (Å²) in [5, 5.41) is 3.42. The maximum atomic E-state index is 13.0. The molecule has 0 radical (unpaired) electrons. The van der Waals surface area contributed by atoms with E-state index >= 15 is 0 Å². The van der Waals surface area contributed by atoms with Crippen LogP contribution in [0.5, 0.6) is 0 Å². The fraction of sp³-hybridized carbons (Fsp3) is 0.292. The number of aryl methyl sites for hydroxylation is 1. The van der Waals surface area contributed by atoms with Crippen LogP contribution >= 0.6 is 23.2 Å². The first-order chi connectivity index (χ1) is 17.9. The molecule has 3 aromatic rings. The van der Waals surface area contributed by atoms with E-state index in [1.807, 2.05) is 0 Å². The smallest absolute Gasteiger partial charge is 0.264 e. The highest BCUT2D eigenvalue weighted by atomic mass is 35.5. The highest BCUT2D eigenvalue weighted by Crippen LogP contribution is 2.27. The van der Waals surface area contributed by atoms with Gasteiger partial charge >= 0.3 is 0 Å². The van der Waals surface area contributed by atoms with Crippen LogP contribution in [0.4, 0.5) is 11.6 Å². The van der Waals surface area contributed by atoms with E-state index in [0.29, 0.717) is 41.4 Å². The second kappa shape index (κ2) is 11.5. The molecule has 1 amide bonds. The molecule has 0 spiro atoms. The van der Waals surface area contributed by atoms with Crippen molar-refractivity contribution in [2.45, 2.75) is 30.4 Å². The van der Waals surface area contributed by atoms with Crippen LogP contribution in [0.3, 0.4) is 0 Å². The molecule has 0 unspecified atom stereocenters. The lowest BCUT2D eigenvalue weighted by Gasteiger charge is -2.31. The second-order valence-electron chi connectivity index (χ2n) is 8.83. The van der Waals surface area contributed by atoms with E-state index in [0.717, 1.165) is 0 Å². The molecule has 1 aliphatic heterocycles. The highest BCUT2D eigenvalue weighted by Gasteiger charge is 2.33. The van der Waals surface area contributed by atoms with Gasteiger partial charge in [-0.1, -0.05) is 29.3 Å². The number of carbonyl (C=O) groups excluding carboxylic acids is 1. The van der Waals surface area contributed by atoms with Gasteiger partial charge in [0.25, 0.3) is 10.0 Å². The zero-order chi connectivity index (χ0) is 27.5. The Morgan fingerprint density at radius 1 is 1.08 bits per heavy atom. The number of aromatic nitrogens is 2. The Labute approximate surface area is 231 Å². The fourth-order valence-electron chi connectivity index (χ4n) is 3.97. The number of carbonyl (C=O) groups is 1. The van der Waals surface area contributed by atoms with Gasteiger partial charge in [0.2, 0.25) is 21.9 Å². The maximum Gasteiger partial charge on any atom is 0.264 e. The number of amides is 1. The van der Waals surface area contributed by atoms with Crippen LogP contribution in [0.15, 0.2) is 59.6 Å². The average Bonchev–Trinajstić information content (AvgIpc) is 2.86. The molecule has 2 N–H and O–H groups in total. The van der Waals surface area contributed by atoms with Crippen molar-refractivity contribution < 1.29 is 21.6 Å². The Morgan fingerprint density at radius 2 is 1.82 bits per heavy atom. The maximum absolute atomic E-state index is 13.0. The molecule has 10 nitrogen and oxygen atoms in total. The Morgan fingerprint density at radius 3 is 2.50 bits per heavy atom. The molecule has 1 aliphatic rings. The summed E-state index contributed by atoms with van der Waals surface area (Å²) in [5.41, 5.74) is 1.42. The van der Waals surface area contributed by atoms with Gasteiger partial charge < -0.3 is 5.32 Å². The Kier molecular flexibility index (Phi) is 8.58. The van der Waals surface area contributed by atoms with Crippen LogP contribution in [0.1, 0.15) is 24.1 Å². The van der Waals surface area contributed by atoms with Crippen LogP contribution in [-0.4, -0.2) is 50.1 Å². The van der Waals surface area contributed by atoms with E-state index in [4.69, 9.17) is 23.2 Å². The standard InChI is InChI=1S/C24H25Cl2N5O5S2/c1-16-10-11-27-24(28-16)30-38(35,36)21-8-6-20(7-9-21)29-23(32)17-3-2-12-31(14-17)37(33,34)15-18-4-5-19(25)13-22(18)26/h4-11,13,17H,2-3,12,14-15H2,1H3,(H,29,32)(H,27,28,30)/t17-/m0/s1. The topological polar surface area (TPSA) is 138 Å². The van der Waals surface area contributed by atoms with E-state index < -0.39 is 26.0 Å². The molecule has 4 rings (SSSR count). The van der Waals surface area contributed by atoms with Gasteiger partial charge in [-0.05, 0) is 67.8 Å². The zero-order valence-electron chi connectivity index (χ0n) is 20.3. The second-order valence-corrected chi connectivity index (χ2v) is 13.3. The Hall–Kier alpha value is -2.77. The van der Waals surface area contributed by atoms with Crippen LogP contribution in [0, 0.1) is 12.8 Å². The largest absolute Gasteiger partial charge is 0.326 e. The number of piperidine rings is 1. The van der Waals surface area contributed by atoms with Crippen molar-refractivity contribution in [3.63, 3.8) is 0 Å². The van der Waals surface area contributed by atoms with Crippen LogP contribution in [0.25, 0.3) is 0 Å². The van der Waals surface area contributed by atoms with Gasteiger partial charge in [-0.25, -0.2) is 35.8 Å². The molecule has 1 aromatic heterocycles. The molecule has 0 bridgehead atoms. The molecule has 2 heterocycles. The number of sulfonamides is 2. The molecule has 202 valence electrons. The molecule has 14 heteroatoms. The van der Waals surface area contributed by atoms with Crippen molar-refractivity contribution in [1.29, 1.82) is 0 Å².